The molecule has 2 atom stereocenters. The molecule has 0 amide bonds. The normalized spacial score (nSPS) is 36.7. The van der Waals surface area contributed by atoms with Gasteiger partial charge in [-0.3, -0.25) is 0 Å². The van der Waals surface area contributed by atoms with Crippen molar-refractivity contribution in [2.75, 3.05) is 13.7 Å². The zero-order valence-electron chi connectivity index (χ0n) is 6.09. The highest BCUT2D eigenvalue weighted by molar-refractivity contribution is 4.60. The molecule has 1 aliphatic heterocycles. The predicted molar refractivity (Wildman–Crippen MR) is 35.1 cm³/mol. The Kier molecular flexibility index (Phi) is 2.49. The zero-order chi connectivity index (χ0) is 6.69. The first-order valence-electron chi connectivity index (χ1n) is 3.47. The van der Waals surface area contributed by atoms with Crippen LogP contribution in [0.5, 0.6) is 0 Å². The summed E-state index contributed by atoms with van der Waals surface area (Å²) in [5.41, 5.74) is 0. The Labute approximate surface area is 56.2 Å². The Bertz CT molecular complexity index is 83.0. The van der Waals surface area contributed by atoms with Gasteiger partial charge < -0.3 is 9.47 Å². The third kappa shape index (κ3) is 1.95. The lowest BCUT2D eigenvalue weighted by Gasteiger charge is -2.25. The van der Waals surface area contributed by atoms with Crippen LogP contribution in [0.2, 0.25) is 0 Å². The average molecular weight is 130 g/mol. The average Bonchev–Trinajstić information content (AvgIpc) is 1.88. The summed E-state index contributed by atoms with van der Waals surface area (Å²) in [6.07, 6.45) is 2.30. The largest absolute Gasteiger partial charge is 0.356 e. The minimum atomic E-state index is 0.0637. The molecule has 9 heavy (non-hydrogen) atoms. The van der Waals surface area contributed by atoms with E-state index in [9.17, 15) is 0 Å². The summed E-state index contributed by atoms with van der Waals surface area (Å²) in [6.45, 7) is 3.09. The SMILES string of the molecule is CO[C@@H]1C[C@H](C)CCO1. The summed E-state index contributed by atoms with van der Waals surface area (Å²) in [5.74, 6) is 0.767. The quantitative estimate of drug-likeness (QED) is 0.534. The van der Waals surface area contributed by atoms with Crippen LogP contribution in [0, 0.1) is 5.92 Å². The molecule has 0 aliphatic carbocycles. The van der Waals surface area contributed by atoms with Gasteiger partial charge in [-0.15, -0.1) is 0 Å². The van der Waals surface area contributed by atoms with Gasteiger partial charge in [0, 0.05) is 20.1 Å². The fourth-order valence-corrected chi connectivity index (χ4v) is 1.08. The van der Waals surface area contributed by atoms with Crippen LogP contribution in [0.4, 0.5) is 0 Å². The highest BCUT2D eigenvalue weighted by Crippen LogP contribution is 2.18. The molecule has 1 rings (SSSR count). The molecule has 0 aromatic heterocycles. The van der Waals surface area contributed by atoms with Gasteiger partial charge in [-0.25, -0.2) is 0 Å². The molecule has 0 saturated carbocycles. The molecular formula is C7H14O2. The van der Waals surface area contributed by atoms with Crippen LogP contribution < -0.4 is 0 Å². The van der Waals surface area contributed by atoms with Crippen molar-refractivity contribution < 1.29 is 9.47 Å². The molecule has 0 N–H and O–H groups in total. The molecule has 2 nitrogen and oxygen atoms in total. The van der Waals surface area contributed by atoms with Crippen molar-refractivity contribution >= 4 is 0 Å². The molecule has 0 spiro atoms. The predicted octanol–water partition coefficient (Wildman–Crippen LogP) is 1.41. The number of hydrogen-bond donors (Lipinski definition) is 0. The summed E-state index contributed by atoms with van der Waals surface area (Å²) in [5, 5.41) is 0. The van der Waals surface area contributed by atoms with Crippen molar-refractivity contribution in [1.29, 1.82) is 0 Å². The van der Waals surface area contributed by atoms with Crippen molar-refractivity contribution in [3.05, 3.63) is 0 Å². The van der Waals surface area contributed by atoms with Gasteiger partial charge in [0.1, 0.15) is 0 Å². The van der Waals surface area contributed by atoms with Gasteiger partial charge in [0.05, 0.1) is 0 Å². The minimum absolute atomic E-state index is 0.0637. The lowest BCUT2D eigenvalue weighted by atomic mass is 10.0. The van der Waals surface area contributed by atoms with Crippen LogP contribution in [0.1, 0.15) is 19.8 Å². The van der Waals surface area contributed by atoms with Gasteiger partial charge in [0.15, 0.2) is 6.29 Å². The second kappa shape index (κ2) is 3.18. The maximum atomic E-state index is 5.28. The lowest BCUT2D eigenvalue weighted by molar-refractivity contribution is -0.156. The van der Waals surface area contributed by atoms with Crippen LogP contribution >= 0.6 is 0 Å². The molecule has 0 unspecified atom stereocenters. The molecular weight excluding hydrogens is 116 g/mol. The van der Waals surface area contributed by atoms with Crippen LogP contribution in [0.25, 0.3) is 0 Å². The molecule has 1 aliphatic rings. The smallest absolute Gasteiger partial charge is 0.157 e. The number of rotatable bonds is 1. The molecule has 1 heterocycles. The van der Waals surface area contributed by atoms with E-state index in [-0.39, 0.29) is 6.29 Å². The second-order valence-electron chi connectivity index (χ2n) is 2.67. The van der Waals surface area contributed by atoms with E-state index in [0.717, 1.165) is 18.9 Å². The van der Waals surface area contributed by atoms with Gasteiger partial charge in [-0.05, 0) is 12.3 Å². The molecule has 0 aromatic carbocycles. The van der Waals surface area contributed by atoms with Gasteiger partial charge in [-0.2, -0.15) is 0 Å². The molecule has 54 valence electrons. The Balaban J connectivity index is 2.23. The van der Waals surface area contributed by atoms with Gasteiger partial charge in [0.25, 0.3) is 0 Å². The Morgan fingerprint density at radius 3 is 2.78 bits per heavy atom. The first-order valence-corrected chi connectivity index (χ1v) is 3.47. The number of ether oxygens (including phenoxy) is 2. The van der Waals surface area contributed by atoms with Crippen molar-refractivity contribution in [3.63, 3.8) is 0 Å². The number of methoxy groups -OCH3 is 1. The summed E-state index contributed by atoms with van der Waals surface area (Å²) in [7, 11) is 1.70. The standard InChI is InChI=1S/C7H14O2/c1-6-3-4-9-7(5-6)8-2/h6-7H,3-5H2,1-2H3/t6-,7+/m1/s1. The highest BCUT2D eigenvalue weighted by atomic mass is 16.7. The van der Waals surface area contributed by atoms with Crippen molar-refractivity contribution in [2.45, 2.75) is 26.1 Å². The van der Waals surface area contributed by atoms with E-state index in [1.54, 1.807) is 7.11 Å². The lowest BCUT2D eigenvalue weighted by Crippen LogP contribution is -2.25. The van der Waals surface area contributed by atoms with Crippen LogP contribution in [0.3, 0.4) is 0 Å². The van der Waals surface area contributed by atoms with E-state index < -0.39 is 0 Å². The fraction of sp³-hybridized carbons (Fsp3) is 1.00. The minimum Gasteiger partial charge on any atom is -0.356 e. The monoisotopic (exact) mass is 130 g/mol. The summed E-state index contributed by atoms with van der Waals surface area (Å²) in [4.78, 5) is 0. The molecule has 2 heteroatoms. The van der Waals surface area contributed by atoms with Crippen LogP contribution in [-0.4, -0.2) is 20.0 Å². The van der Waals surface area contributed by atoms with Crippen molar-refractivity contribution in [1.82, 2.24) is 0 Å². The van der Waals surface area contributed by atoms with Crippen molar-refractivity contribution in [3.8, 4) is 0 Å². The first-order chi connectivity index (χ1) is 4.33. The molecule has 1 fully saturated rings. The van der Waals surface area contributed by atoms with E-state index >= 15 is 0 Å². The third-order valence-corrected chi connectivity index (χ3v) is 1.77. The van der Waals surface area contributed by atoms with E-state index in [1.165, 1.54) is 6.42 Å². The van der Waals surface area contributed by atoms with E-state index in [4.69, 9.17) is 9.47 Å². The maximum absolute atomic E-state index is 5.28. The van der Waals surface area contributed by atoms with Gasteiger partial charge >= 0.3 is 0 Å². The van der Waals surface area contributed by atoms with E-state index in [1.807, 2.05) is 0 Å². The van der Waals surface area contributed by atoms with Gasteiger partial charge in [0.2, 0.25) is 0 Å². The summed E-state index contributed by atoms with van der Waals surface area (Å²) < 4.78 is 10.3. The molecule has 0 radical (unpaired) electrons. The third-order valence-electron chi connectivity index (χ3n) is 1.77. The number of hydrogen-bond acceptors (Lipinski definition) is 2. The first kappa shape index (κ1) is 7.03. The maximum Gasteiger partial charge on any atom is 0.157 e. The van der Waals surface area contributed by atoms with E-state index in [2.05, 4.69) is 6.92 Å². The Hall–Kier alpha value is -0.0800. The molecule has 0 bridgehead atoms. The highest BCUT2D eigenvalue weighted by Gasteiger charge is 2.17. The van der Waals surface area contributed by atoms with E-state index in [0.29, 0.717) is 0 Å². The fourth-order valence-electron chi connectivity index (χ4n) is 1.08. The van der Waals surface area contributed by atoms with Gasteiger partial charge in [-0.1, -0.05) is 6.92 Å². The topological polar surface area (TPSA) is 18.5 Å². The summed E-state index contributed by atoms with van der Waals surface area (Å²) in [6, 6.07) is 0. The van der Waals surface area contributed by atoms with Crippen LogP contribution in [0.15, 0.2) is 0 Å². The zero-order valence-corrected chi connectivity index (χ0v) is 6.09. The Morgan fingerprint density at radius 1 is 1.56 bits per heavy atom. The molecule has 1 saturated heterocycles. The van der Waals surface area contributed by atoms with Crippen molar-refractivity contribution in [2.24, 2.45) is 5.92 Å². The second-order valence-corrected chi connectivity index (χ2v) is 2.67. The van der Waals surface area contributed by atoms with Crippen LogP contribution in [-0.2, 0) is 9.47 Å². The Morgan fingerprint density at radius 2 is 2.33 bits per heavy atom. The molecule has 0 aromatic rings. The summed E-state index contributed by atoms with van der Waals surface area (Å²) >= 11 is 0.